The first-order valence-corrected chi connectivity index (χ1v) is 5.54. The van der Waals surface area contributed by atoms with Crippen molar-refractivity contribution in [3.05, 3.63) is 53.6 Å². The van der Waals surface area contributed by atoms with Gasteiger partial charge in [-0.1, -0.05) is 30.3 Å². The number of aromatic hydroxyl groups is 3. The standard InChI is InChI=1S/C14H12O5/c15-10-6-11(16)13(12(17)7-10)14(18)19-8-9-4-2-1-3-5-9/h1-7,15-17H,8H2. The molecule has 0 aliphatic carbocycles. The van der Waals surface area contributed by atoms with Crippen molar-refractivity contribution in [1.82, 2.24) is 0 Å². The molecule has 0 aliphatic rings. The number of carbonyl (C=O) groups excluding carboxylic acids is 1. The summed E-state index contributed by atoms with van der Waals surface area (Å²) >= 11 is 0. The number of phenols is 3. The molecule has 0 spiro atoms. The molecule has 0 unspecified atom stereocenters. The van der Waals surface area contributed by atoms with Crippen molar-refractivity contribution < 1.29 is 24.9 Å². The van der Waals surface area contributed by atoms with E-state index in [4.69, 9.17) is 9.84 Å². The summed E-state index contributed by atoms with van der Waals surface area (Å²) in [6, 6.07) is 10.9. The third kappa shape index (κ3) is 2.95. The van der Waals surface area contributed by atoms with Crippen molar-refractivity contribution in [2.75, 3.05) is 0 Å². The molecule has 0 atom stereocenters. The summed E-state index contributed by atoms with van der Waals surface area (Å²) in [7, 11) is 0. The summed E-state index contributed by atoms with van der Waals surface area (Å²) < 4.78 is 4.98. The minimum absolute atomic E-state index is 0.0272. The smallest absolute Gasteiger partial charge is 0.346 e. The van der Waals surface area contributed by atoms with Crippen LogP contribution in [-0.4, -0.2) is 21.3 Å². The molecule has 3 N–H and O–H groups in total. The average molecular weight is 260 g/mol. The maximum absolute atomic E-state index is 11.7. The van der Waals surface area contributed by atoms with Gasteiger partial charge in [-0.2, -0.15) is 0 Å². The van der Waals surface area contributed by atoms with E-state index in [0.29, 0.717) is 0 Å². The lowest BCUT2D eigenvalue weighted by molar-refractivity contribution is 0.0466. The molecule has 0 saturated carbocycles. The van der Waals surface area contributed by atoms with Gasteiger partial charge in [0.05, 0.1) is 0 Å². The highest BCUT2D eigenvalue weighted by atomic mass is 16.5. The largest absolute Gasteiger partial charge is 0.508 e. The van der Waals surface area contributed by atoms with Gasteiger partial charge in [0.2, 0.25) is 0 Å². The molecule has 0 heterocycles. The van der Waals surface area contributed by atoms with Gasteiger partial charge in [0.1, 0.15) is 29.4 Å². The van der Waals surface area contributed by atoms with E-state index in [1.54, 1.807) is 24.3 Å². The van der Waals surface area contributed by atoms with Crippen molar-refractivity contribution in [3.63, 3.8) is 0 Å². The summed E-state index contributed by atoms with van der Waals surface area (Å²) in [6.07, 6.45) is 0. The van der Waals surface area contributed by atoms with Gasteiger partial charge in [0, 0.05) is 12.1 Å². The maximum Gasteiger partial charge on any atom is 0.346 e. The lowest BCUT2D eigenvalue weighted by atomic mass is 10.1. The molecule has 5 heteroatoms. The fraction of sp³-hybridized carbons (Fsp3) is 0.0714. The van der Waals surface area contributed by atoms with E-state index < -0.39 is 17.5 Å². The van der Waals surface area contributed by atoms with E-state index in [0.717, 1.165) is 17.7 Å². The second-order valence-corrected chi connectivity index (χ2v) is 3.92. The van der Waals surface area contributed by atoms with Gasteiger partial charge in [0.25, 0.3) is 0 Å². The maximum atomic E-state index is 11.7. The van der Waals surface area contributed by atoms with Crippen LogP contribution in [0.5, 0.6) is 17.2 Å². The van der Waals surface area contributed by atoms with Gasteiger partial charge < -0.3 is 20.1 Å². The van der Waals surface area contributed by atoms with Gasteiger partial charge in [-0.3, -0.25) is 0 Å². The van der Waals surface area contributed by atoms with Crippen molar-refractivity contribution in [1.29, 1.82) is 0 Å². The van der Waals surface area contributed by atoms with Crippen LogP contribution < -0.4 is 0 Å². The van der Waals surface area contributed by atoms with Gasteiger partial charge >= 0.3 is 5.97 Å². The van der Waals surface area contributed by atoms with Crippen LogP contribution in [0.15, 0.2) is 42.5 Å². The van der Waals surface area contributed by atoms with Gasteiger partial charge in [-0.05, 0) is 5.56 Å². The van der Waals surface area contributed by atoms with E-state index in [2.05, 4.69) is 0 Å². The molecule has 98 valence electrons. The van der Waals surface area contributed by atoms with Gasteiger partial charge in [-0.15, -0.1) is 0 Å². The molecular weight excluding hydrogens is 248 g/mol. The average Bonchev–Trinajstić information content (AvgIpc) is 2.36. The van der Waals surface area contributed by atoms with E-state index >= 15 is 0 Å². The Morgan fingerprint density at radius 1 is 1.00 bits per heavy atom. The van der Waals surface area contributed by atoms with E-state index in [1.807, 2.05) is 6.07 Å². The number of ether oxygens (including phenoxy) is 1. The lowest BCUT2D eigenvalue weighted by Crippen LogP contribution is -2.06. The molecule has 2 rings (SSSR count). The van der Waals surface area contributed by atoms with Crippen LogP contribution in [0.4, 0.5) is 0 Å². The van der Waals surface area contributed by atoms with Crippen LogP contribution >= 0.6 is 0 Å². The number of benzene rings is 2. The Hall–Kier alpha value is -2.69. The number of phenolic OH excluding ortho intramolecular Hbond substituents is 3. The first-order valence-electron chi connectivity index (χ1n) is 5.54. The molecule has 0 aliphatic heterocycles. The third-order valence-electron chi connectivity index (χ3n) is 2.50. The highest BCUT2D eigenvalue weighted by molar-refractivity contribution is 5.95. The number of hydrogen-bond donors (Lipinski definition) is 3. The van der Waals surface area contributed by atoms with E-state index in [1.165, 1.54) is 0 Å². The quantitative estimate of drug-likeness (QED) is 0.736. The molecule has 0 fully saturated rings. The topological polar surface area (TPSA) is 87.0 Å². The summed E-state index contributed by atoms with van der Waals surface area (Å²) in [5, 5.41) is 28.2. The van der Waals surface area contributed by atoms with Crippen LogP contribution in [0.25, 0.3) is 0 Å². The van der Waals surface area contributed by atoms with Crippen LogP contribution in [0, 0.1) is 0 Å². The van der Waals surface area contributed by atoms with Gasteiger partial charge in [0.15, 0.2) is 0 Å². The highest BCUT2D eigenvalue weighted by Gasteiger charge is 2.19. The van der Waals surface area contributed by atoms with Crippen molar-refractivity contribution >= 4 is 5.97 Å². The van der Waals surface area contributed by atoms with Crippen molar-refractivity contribution in [2.45, 2.75) is 6.61 Å². The Kier molecular flexibility index (Phi) is 3.56. The second-order valence-electron chi connectivity index (χ2n) is 3.92. The number of hydrogen-bond acceptors (Lipinski definition) is 5. The molecule has 2 aromatic carbocycles. The zero-order valence-corrected chi connectivity index (χ0v) is 9.91. The Morgan fingerprint density at radius 2 is 1.58 bits per heavy atom. The number of rotatable bonds is 3. The lowest BCUT2D eigenvalue weighted by Gasteiger charge is -2.08. The molecule has 5 nitrogen and oxygen atoms in total. The fourth-order valence-corrected chi connectivity index (χ4v) is 1.60. The normalized spacial score (nSPS) is 10.1. The Balaban J connectivity index is 2.13. The molecule has 19 heavy (non-hydrogen) atoms. The Labute approximate surface area is 109 Å². The van der Waals surface area contributed by atoms with Crippen LogP contribution in [0.2, 0.25) is 0 Å². The number of carbonyl (C=O) groups is 1. The van der Waals surface area contributed by atoms with Crippen LogP contribution in [0.3, 0.4) is 0 Å². The predicted molar refractivity (Wildman–Crippen MR) is 67.0 cm³/mol. The van der Waals surface area contributed by atoms with Crippen molar-refractivity contribution in [3.8, 4) is 17.2 Å². The molecule has 0 amide bonds. The summed E-state index contributed by atoms with van der Waals surface area (Å²) in [5.74, 6) is -2.26. The minimum atomic E-state index is -0.862. The van der Waals surface area contributed by atoms with E-state index in [-0.39, 0.29) is 17.9 Å². The monoisotopic (exact) mass is 260 g/mol. The van der Waals surface area contributed by atoms with Gasteiger partial charge in [-0.25, -0.2) is 4.79 Å². The summed E-state index contributed by atoms with van der Waals surface area (Å²) in [6.45, 7) is 0.0272. The molecule has 0 aromatic heterocycles. The van der Waals surface area contributed by atoms with E-state index in [9.17, 15) is 15.0 Å². The summed E-state index contributed by atoms with van der Waals surface area (Å²) in [5.41, 5.74) is 0.419. The summed E-state index contributed by atoms with van der Waals surface area (Å²) in [4.78, 5) is 11.7. The highest BCUT2D eigenvalue weighted by Crippen LogP contribution is 2.32. The first-order chi connectivity index (χ1) is 9.08. The molecule has 0 bridgehead atoms. The van der Waals surface area contributed by atoms with Crippen LogP contribution in [0.1, 0.15) is 15.9 Å². The zero-order valence-electron chi connectivity index (χ0n) is 9.91. The Bertz CT molecular complexity index is 569. The minimum Gasteiger partial charge on any atom is -0.508 e. The molecular formula is C14H12O5. The number of esters is 1. The second kappa shape index (κ2) is 5.30. The third-order valence-corrected chi connectivity index (χ3v) is 2.50. The SMILES string of the molecule is O=C(OCc1ccccc1)c1c(O)cc(O)cc1O. The van der Waals surface area contributed by atoms with Crippen molar-refractivity contribution in [2.24, 2.45) is 0 Å². The predicted octanol–water partition coefficient (Wildman–Crippen LogP) is 2.16. The molecule has 0 saturated heterocycles. The van der Waals surface area contributed by atoms with Crippen LogP contribution in [-0.2, 0) is 11.3 Å². The molecule has 2 aromatic rings. The molecule has 0 radical (unpaired) electrons. The Morgan fingerprint density at radius 3 is 2.16 bits per heavy atom. The zero-order chi connectivity index (χ0) is 13.8. The fourth-order valence-electron chi connectivity index (χ4n) is 1.60. The first kappa shape index (κ1) is 12.8.